The van der Waals surface area contributed by atoms with Crippen LogP contribution in [0.5, 0.6) is 0 Å². The molecule has 0 spiro atoms. The van der Waals surface area contributed by atoms with Crippen molar-refractivity contribution in [3.05, 3.63) is 12.7 Å². The largest absolute Gasteiger partial charge is 0.460 e. The minimum Gasteiger partial charge on any atom is -0.460 e. The van der Waals surface area contributed by atoms with Crippen molar-refractivity contribution in [1.82, 2.24) is 4.90 Å². The Morgan fingerprint density at radius 1 is 1.82 bits per heavy atom. The quantitative estimate of drug-likeness (QED) is 0.307. The Hall–Kier alpha value is -0.350. The van der Waals surface area contributed by atoms with Crippen molar-refractivity contribution in [3.63, 3.8) is 0 Å². The Morgan fingerprint density at radius 2 is 2.36 bits per heavy atom. The zero-order chi connectivity index (χ0) is 8.85. The maximum atomic E-state index is 10.6. The number of ether oxygens (including phenoxy) is 1. The molecule has 0 aliphatic carbocycles. The van der Waals surface area contributed by atoms with Gasteiger partial charge in [0.05, 0.1) is 4.95 Å². The molecule has 0 amide bonds. The van der Waals surface area contributed by atoms with E-state index in [-0.39, 0.29) is 4.95 Å². The van der Waals surface area contributed by atoms with Crippen molar-refractivity contribution in [2.75, 3.05) is 20.7 Å². The number of nitrogens with zero attached hydrogens (tertiary/aromatic N) is 1. The molecular weight excluding hydrogens is 210 g/mol. The molecule has 3 nitrogen and oxygen atoms in total. The molecule has 1 atom stereocenters. The van der Waals surface area contributed by atoms with Gasteiger partial charge in [0.25, 0.3) is 0 Å². The van der Waals surface area contributed by atoms with Crippen LogP contribution in [0, 0.1) is 0 Å². The summed E-state index contributed by atoms with van der Waals surface area (Å²) in [6.07, 6.45) is 1.15. The molecule has 4 heteroatoms. The molecule has 0 bridgehead atoms. The van der Waals surface area contributed by atoms with Gasteiger partial charge in [-0.05, 0) is 14.1 Å². The molecule has 0 aromatic heterocycles. The summed E-state index contributed by atoms with van der Waals surface area (Å²) < 4.78 is 4.77. The highest BCUT2D eigenvalue weighted by molar-refractivity contribution is 9.09. The Labute approximate surface area is 75.1 Å². The maximum absolute atomic E-state index is 10.6. The molecule has 0 radical (unpaired) electrons. The van der Waals surface area contributed by atoms with E-state index in [1.807, 2.05) is 19.0 Å². The molecule has 0 aromatic carbocycles. The number of halogens is 1. The number of alkyl halides is 1. The first-order valence-corrected chi connectivity index (χ1v) is 4.09. The maximum Gasteiger partial charge on any atom is 0.330 e. The van der Waals surface area contributed by atoms with E-state index in [1.165, 1.54) is 0 Å². The Balaban J connectivity index is 3.53. The van der Waals surface area contributed by atoms with Gasteiger partial charge in [-0.2, -0.15) is 0 Å². The number of esters is 1. The Morgan fingerprint density at radius 3 is 2.73 bits per heavy atom. The van der Waals surface area contributed by atoms with Gasteiger partial charge in [0.1, 0.15) is 6.61 Å². The molecule has 0 aliphatic heterocycles. The Bertz CT molecular complexity index is 147. The lowest BCUT2D eigenvalue weighted by Gasteiger charge is -2.16. The summed E-state index contributed by atoms with van der Waals surface area (Å²) >= 11 is 3.31. The van der Waals surface area contributed by atoms with Crippen LogP contribution >= 0.6 is 15.9 Å². The van der Waals surface area contributed by atoms with Crippen LogP contribution in [0.25, 0.3) is 0 Å². The second-order valence-electron chi connectivity index (χ2n) is 2.23. The van der Waals surface area contributed by atoms with Gasteiger partial charge in [-0.3, -0.25) is 4.90 Å². The van der Waals surface area contributed by atoms with Gasteiger partial charge >= 0.3 is 5.97 Å². The van der Waals surface area contributed by atoms with Crippen LogP contribution in [-0.4, -0.2) is 36.5 Å². The zero-order valence-corrected chi connectivity index (χ0v) is 8.30. The smallest absolute Gasteiger partial charge is 0.330 e. The minimum atomic E-state index is -0.392. The van der Waals surface area contributed by atoms with Crippen molar-refractivity contribution in [2.45, 2.75) is 4.95 Å². The van der Waals surface area contributed by atoms with Gasteiger partial charge in [0.2, 0.25) is 0 Å². The molecule has 0 heterocycles. The highest BCUT2D eigenvalue weighted by atomic mass is 79.9. The van der Waals surface area contributed by atoms with E-state index in [9.17, 15) is 4.79 Å². The van der Waals surface area contributed by atoms with Crippen LogP contribution in [0.2, 0.25) is 0 Å². The van der Waals surface area contributed by atoms with E-state index >= 15 is 0 Å². The normalized spacial score (nSPS) is 12.7. The monoisotopic (exact) mass is 221 g/mol. The van der Waals surface area contributed by atoms with E-state index in [1.54, 1.807) is 0 Å². The van der Waals surface area contributed by atoms with Gasteiger partial charge in [-0.15, -0.1) is 0 Å². The molecule has 11 heavy (non-hydrogen) atoms. The lowest BCUT2D eigenvalue weighted by molar-refractivity contribution is -0.138. The van der Waals surface area contributed by atoms with Gasteiger partial charge < -0.3 is 4.74 Å². The van der Waals surface area contributed by atoms with Crippen LogP contribution in [-0.2, 0) is 9.53 Å². The number of carbonyl (C=O) groups is 1. The lowest BCUT2D eigenvalue weighted by Crippen LogP contribution is -2.27. The molecule has 0 aliphatic rings. The van der Waals surface area contributed by atoms with E-state index < -0.39 is 5.97 Å². The predicted molar refractivity (Wildman–Crippen MR) is 47.6 cm³/mol. The number of hydrogen-bond acceptors (Lipinski definition) is 3. The highest BCUT2D eigenvalue weighted by Gasteiger charge is 2.07. The number of rotatable bonds is 4. The van der Waals surface area contributed by atoms with Crippen LogP contribution in [0.4, 0.5) is 0 Å². The lowest BCUT2D eigenvalue weighted by atomic mass is 10.6. The predicted octanol–water partition coefficient (Wildman–Crippen LogP) is 0.998. The van der Waals surface area contributed by atoms with E-state index in [2.05, 4.69) is 22.5 Å². The number of hydrogen-bond donors (Lipinski definition) is 0. The summed E-state index contributed by atoms with van der Waals surface area (Å²) in [5.41, 5.74) is 0. The highest BCUT2D eigenvalue weighted by Crippen LogP contribution is 2.02. The van der Waals surface area contributed by atoms with Crippen LogP contribution in [0.3, 0.4) is 0 Å². The third-order valence-corrected chi connectivity index (χ3v) is 2.17. The van der Waals surface area contributed by atoms with Gasteiger partial charge in [-0.1, -0.05) is 22.5 Å². The SMILES string of the molecule is C=CC(=O)OCC(Br)N(C)C. The molecule has 0 fully saturated rings. The first kappa shape index (κ1) is 10.7. The molecule has 0 saturated heterocycles. The number of likely N-dealkylation sites (N-methyl/N-ethyl adjacent to an activating group) is 1. The average molecular weight is 222 g/mol. The standard InChI is InChI=1S/C7H12BrNO2/c1-4-7(10)11-5-6(8)9(2)3/h4,6H,1,5H2,2-3H3. The molecular formula is C7H12BrNO2. The molecule has 64 valence electrons. The van der Waals surface area contributed by atoms with Gasteiger partial charge in [0, 0.05) is 6.08 Å². The molecule has 0 saturated carbocycles. The van der Waals surface area contributed by atoms with Crippen molar-refractivity contribution in [1.29, 1.82) is 0 Å². The topological polar surface area (TPSA) is 29.5 Å². The van der Waals surface area contributed by atoms with Gasteiger partial charge in [-0.25, -0.2) is 4.79 Å². The summed E-state index contributed by atoms with van der Waals surface area (Å²) in [5.74, 6) is -0.392. The summed E-state index contributed by atoms with van der Waals surface area (Å²) in [7, 11) is 3.78. The first-order valence-electron chi connectivity index (χ1n) is 3.17. The fraction of sp³-hybridized carbons (Fsp3) is 0.571. The summed E-state index contributed by atoms with van der Waals surface area (Å²) in [5, 5.41) is 0. The molecule has 0 N–H and O–H groups in total. The second-order valence-corrected chi connectivity index (χ2v) is 3.29. The zero-order valence-electron chi connectivity index (χ0n) is 6.71. The van der Waals surface area contributed by atoms with E-state index in [0.717, 1.165) is 6.08 Å². The van der Waals surface area contributed by atoms with Gasteiger partial charge in [0.15, 0.2) is 0 Å². The molecule has 0 rings (SSSR count). The third kappa shape index (κ3) is 4.98. The Kier molecular flexibility index (Phi) is 5.15. The van der Waals surface area contributed by atoms with Crippen molar-refractivity contribution >= 4 is 21.9 Å². The number of carbonyl (C=O) groups excluding carboxylic acids is 1. The first-order chi connectivity index (χ1) is 5.07. The minimum absolute atomic E-state index is 0.0615. The van der Waals surface area contributed by atoms with E-state index in [4.69, 9.17) is 4.74 Å². The fourth-order valence-corrected chi connectivity index (χ4v) is 0.491. The summed E-state index contributed by atoms with van der Waals surface area (Å²) in [6.45, 7) is 3.61. The van der Waals surface area contributed by atoms with Crippen molar-refractivity contribution < 1.29 is 9.53 Å². The summed E-state index contributed by atoms with van der Waals surface area (Å²) in [4.78, 5) is 12.5. The second kappa shape index (κ2) is 5.32. The molecule has 0 aromatic rings. The van der Waals surface area contributed by atoms with Crippen molar-refractivity contribution in [2.24, 2.45) is 0 Å². The van der Waals surface area contributed by atoms with E-state index in [0.29, 0.717) is 6.61 Å². The van der Waals surface area contributed by atoms with Crippen LogP contribution in [0.1, 0.15) is 0 Å². The fourth-order valence-electron chi connectivity index (χ4n) is 0.359. The average Bonchev–Trinajstić information content (AvgIpc) is 1.99. The van der Waals surface area contributed by atoms with Crippen LogP contribution < -0.4 is 0 Å². The third-order valence-electron chi connectivity index (χ3n) is 1.09. The van der Waals surface area contributed by atoms with Crippen LogP contribution in [0.15, 0.2) is 12.7 Å². The molecule has 1 unspecified atom stereocenters. The summed E-state index contributed by atoms with van der Waals surface area (Å²) in [6, 6.07) is 0. The van der Waals surface area contributed by atoms with Crippen molar-refractivity contribution in [3.8, 4) is 0 Å².